The van der Waals surface area contributed by atoms with Crippen LogP contribution in [0.2, 0.25) is 0 Å². The van der Waals surface area contributed by atoms with Crippen molar-refractivity contribution in [1.29, 1.82) is 0 Å². The van der Waals surface area contributed by atoms with E-state index in [0.717, 1.165) is 30.8 Å². The molecule has 18 heavy (non-hydrogen) atoms. The summed E-state index contributed by atoms with van der Waals surface area (Å²) >= 11 is 0. The van der Waals surface area contributed by atoms with Crippen molar-refractivity contribution in [2.45, 2.75) is 70.9 Å². The number of fused-ring (bicyclic) bond motifs is 2. The van der Waals surface area contributed by atoms with Crippen LogP contribution in [0.3, 0.4) is 0 Å². The smallest absolute Gasteiger partial charge is 0.0741 e. The van der Waals surface area contributed by atoms with Crippen LogP contribution in [0.5, 0.6) is 0 Å². The number of hydrazine groups is 1. The molecule has 3 heteroatoms. The Kier molecular flexibility index (Phi) is 5.46. The fourth-order valence-corrected chi connectivity index (χ4v) is 4.22. The first-order valence-corrected chi connectivity index (χ1v) is 7.86. The fourth-order valence-electron chi connectivity index (χ4n) is 4.22. The van der Waals surface area contributed by atoms with E-state index in [0.29, 0.717) is 12.1 Å². The van der Waals surface area contributed by atoms with E-state index < -0.39 is 0 Å². The Morgan fingerprint density at radius 2 is 2.11 bits per heavy atom. The summed E-state index contributed by atoms with van der Waals surface area (Å²) in [5, 5.41) is 0. The Morgan fingerprint density at radius 3 is 2.61 bits per heavy atom. The highest BCUT2D eigenvalue weighted by atomic mass is 16.5. The van der Waals surface area contributed by atoms with Gasteiger partial charge >= 0.3 is 0 Å². The molecule has 2 rings (SSSR count). The number of hydrogen-bond acceptors (Lipinski definition) is 3. The van der Waals surface area contributed by atoms with E-state index in [1.807, 2.05) is 0 Å². The van der Waals surface area contributed by atoms with Gasteiger partial charge in [0.1, 0.15) is 0 Å². The Labute approximate surface area is 112 Å². The molecule has 0 amide bonds. The normalized spacial score (nSPS) is 33.8. The molecule has 0 aliphatic heterocycles. The first-order valence-electron chi connectivity index (χ1n) is 7.86. The van der Waals surface area contributed by atoms with E-state index in [4.69, 9.17) is 10.6 Å². The van der Waals surface area contributed by atoms with Gasteiger partial charge in [-0.05, 0) is 56.8 Å². The zero-order chi connectivity index (χ0) is 13.0. The zero-order valence-electron chi connectivity index (χ0n) is 12.0. The minimum atomic E-state index is 0.295. The summed E-state index contributed by atoms with van der Waals surface area (Å²) < 4.78 is 5.88. The maximum atomic E-state index is 5.88. The lowest BCUT2D eigenvalue weighted by Crippen LogP contribution is -2.46. The number of nitrogens with two attached hydrogens (primary N) is 1. The highest BCUT2D eigenvalue weighted by molar-refractivity contribution is 4.92. The molecular formula is C15H30N2O. The molecule has 2 aliphatic rings. The van der Waals surface area contributed by atoms with Crippen LogP contribution in [-0.4, -0.2) is 18.8 Å². The molecule has 5 atom stereocenters. The van der Waals surface area contributed by atoms with Crippen molar-refractivity contribution in [3.05, 3.63) is 0 Å². The lowest BCUT2D eigenvalue weighted by molar-refractivity contribution is 0.0190. The second-order valence-electron chi connectivity index (χ2n) is 6.23. The van der Waals surface area contributed by atoms with Gasteiger partial charge in [0, 0.05) is 12.6 Å². The van der Waals surface area contributed by atoms with Gasteiger partial charge in [-0.3, -0.25) is 11.3 Å². The Hall–Kier alpha value is -0.120. The van der Waals surface area contributed by atoms with Gasteiger partial charge in [-0.2, -0.15) is 0 Å². The molecule has 0 aromatic carbocycles. The van der Waals surface area contributed by atoms with Gasteiger partial charge in [-0.15, -0.1) is 0 Å². The van der Waals surface area contributed by atoms with Crippen LogP contribution in [0.15, 0.2) is 0 Å². The van der Waals surface area contributed by atoms with E-state index in [1.54, 1.807) is 0 Å². The zero-order valence-corrected chi connectivity index (χ0v) is 12.0. The van der Waals surface area contributed by atoms with Crippen molar-refractivity contribution in [3.8, 4) is 0 Å². The molecule has 3 nitrogen and oxygen atoms in total. The molecule has 3 N–H and O–H groups in total. The van der Waals surface area contributed by atoms with Crippen molar-refractivity contribution in [2.75, 3.05) is 6.61 Å². The summed E-state index contributed by atoms with van der Waals surface area (Å²) in [6.45, 7) is 5.09. The number of nitrogens with one attached hydrogen (secondary N) is 1. The van der Waals surface area contributed by atoms with Crippen molar-refractivity contribution in [3.63, 3.8) is 0 Å². The summed E-state index contributed by atoms with van der Waals surface area (Å²) in [6, 6.07) is 0.342. The first kappa shape index (κ1) is 14.3. The average molecular weight is 254 g/mol. The van der Waals surface area contributed by atoms with Gasteiger partial charge in [0.05, 0.1) is 6.10 Å². The largest absolute Gasteiger partial charge is 0.377 e. The minimum absolute atomic E-state index is 0.295. The van der Waals surface area contributed by atoms with Crippen molar-refractivity contribution < 1.29 is 4.74 Å². The van der Waals surface area contributed by atoms with Gasteiger partial charge < -0.3 is 4.74 Å². The molecule has 2 bridgehead atoms. The van der Waals surface area contributed by atoms with Crippen molar-refractivity contribution >= 4 is 0 Å². The van der Waals surface area contributed by atoms with Gasteiger partial charge in [-0.25, -0.2) is 0 Å². The summed E-state index contributed by atoms with van der Waals surface area (Å²) in [7, 11) is 0. The summed E-state index contributed by atoms with van der Waals surface area (Å²) in [6.07, 6.45) is 9.64. The van der Waals surface area contributed by atoms with Crippen LogP contribution in [0.1, 0.15) is 58.8 Å². The third-order valence-corrected chi connectivity index (χ3v) is 5.06. The van der Waals surface area contributed by atoms with E-state index in [2.05, 4.69) is 19.3 Å². The second-order valence-corrected chi connectivity index (χ2v) is 6.23. The molecule has 0 saturated heterocycles. The highest BCUT2D eigenvalue weighted by Gasteiger charge is 2.40. The van der Waals surface area contributed by atoms with Gasteiger partial charge in [-0.1, -0.05) is 19.8 Å². The van der Waals surface area contributed by atoms with Crippen molar-refractivity contribution in [1.82, 2.24) is 5.43 Å². The molecule has 0 aromatic heterocycles. The molecule has 0 aromatic rings. The van der Waals surface area contributed by atoms with Crippen LogP contribution >= 0.6 is 0 Å². The Balaban J connectivity index is 1.86. The maximum absolute atomic E-state index is 5.88. The predicted molar refractivity (Wildman–Crippen MR) is 75.0 cm³/mol. The van der Waals surface area contributed by atoms with E-state index in [-0.39, 0.29) is 0 Å². The van der Waals surface area contributed by atoms with Gasteiger partial charge in [0.25, 0.3) is 0 Å². The molecular weight excluding hydrogens is 224 g/mol. The van der Waals surface area contributed by atoms with E-state index >= 15 is 0 Å². The highest BCUT2D eigenvalue weighted by Crippen LogP contribution is 2.50. The predicted octanol–water partition coefficient (Wildman–Crippen LogP) is 2.85. The summed E-state index contributed by atoms with van der Waals surface area (Å²) in [5.41, 5.74) is 3.03. The third kappa shape index (κ3) is 3.25. The molecule has 2 aliphatic carbocycles. The topological polar surface area (TPSA) is 47.3 Å². The van der Waals surface area contributed by atoms with E-state index in [1.165, 1.54) is 38.5 Å². The lowest BCUT2D eigenvalue weighted by Gasteiger charge is -2.31. The van der Waals surface area contributed by atoms with E-state index in [9.17, 15) is 0 Å². The first-order chi connectivity index (χ1) is 8.78. The average Bonchev–Trinajstić information content (AvgIpc) is 2.98. The Bertz CT molecular complexity index is 241. The third-order valence-electron chi connectivity index (χ3n) is 5.06. The monoisotopic (exact) mass is 254 g/mol. The number of ether oxygens (including phenoxy) is 1. The quantitative estimate of drug-likeness (QED) is 0.517. The Morgan fingerprint density at radius 1 is 1.28 bits per heavy atom. The van der Waals surface area contributed by atoms with Crippen LogP contribution < -0.4 is 11.3 Å². The van der Waals surface area contributed by atoms with Crippen LogP contribution in [0.25, 0.3) is 0 Å². The second kappa shape index (κ2) is 6.88. The van der Waals surface area contributed by atoms with Crippen LogP contribution in [-0.2, 0) is 4.74 Å². The van der Waals surface area contributed by atoms with Crippen LogP contribution in [0, 0.1) is 17.8 Å². The molecule has 0 heterocycles. The standard InChI is InChI=1S/C15H30N2O/c1-3-5-15(18-4-2)14(17-16)10-13-9-11-6-7-12(13)8-11/h11-15,17H,3-10,16H2,1-2H3. The minimum Gasteiger partial charge on any atom is -0.377 e. The SMILES string of the molecule is CCCC(OCC)C(CC1CC2CCC1C2)NN. The number of hydrogen-bond donors (Lipinski definition) is 2. The molecule has 106 valence electrons. The lowest BCUT2D eigenvalue weighted by atomic mass is 9.83. The fraction of sp³-hybridized carbons (Fsp3) is 1.00. The maximum Gasteiger partial charge on any atom is 0.0741 e. The molecule has 2 saturated carbocycles. The van der Waals surface area contributed by atoms with Gasteiger partial charge in [0.15, 0.2) is 0 Å². The summed E-state index contributed by atoms with van der Waals surface area (Å²) in [4.78, 5) is 0. The number of rotatable bonds is 8. The van der Waals surface area contributed by atoms with Crippen molar-refractivity contribution in [2.24, 2.45) is 23.6 Å². The molecule has 0 spiro atoms. The molecule has 5 unspecified atom stereocenters. The molecule has 2 fully saturated rings. The summed E-state index contributed by atoms with van der Waals surface area (Å²) in [5.74, 6) is 8.68. The van der Waals surface area contributed by atoms with Crippen LogP contribution in [0.4, 0.5) is 0 Å². The molecule has 0 radical (unpaired) electrons. The van der Waals surface area contributed by atoms with Gasteiger partial charge in [0.2, 0.25) is 0 Å².